The van der Waals surface area contributed by atoms with Gasteiger partial charge in [-0.2, -0.15) is 0 Å². The summed E-state index contributed by atoms with van der Waals surface area (Å²) in [5, 5.41) is 0. The van der Waals surface area contributed by atoms with Crippen LogP contribution in [0, 0.1) is 5.82 Å². The summed E-state index contributed by atoms with van der Waals surface area (Å²) in [5.74, 6) is 0.876. The Balaban J connectivity index is 1.41. The van der Waals surface area contributed by atoms with Crippen molar-refractivity contribution in [2.75, 3.05) is 7.11 Å². The van der Waals surface area contributed by atoms with Crippen molar-refractivity contribution in [3.63, 3.8) is 0 Å². The molecule has 0 aliphatic carbocycles. The summed E-state index contributed by atoms with van der Waals surface area (Å²) < 4.78 is 24.8. The molecule has 0 bridgehead atoms. The van der Waals surface area contributed by atoms with E-state index in [1.54, 1.807) is 19.2 Å². The van der Waals surface area contributed by atoms with Gasteiger partial charge in [-0.05, 0) is 65.6 Å². The van der Waals surface area contributed by atoms with Crippen molar-refractivity contribution in [2.45, 2.75) is 31.5 Å². The first-order chi connectivity index (χ1) is 17.5. The molecule has 5 heteroatoms. The zero-order valence-corrected chi connectivity index (χ0v) is 20.3. The molecular weight excluding hydrogens is 453 g/mol. The lowest BCUT2D eigenvalue weighted by molar-refractivity contribution is -0.154. The van der Waals surface area contributed by atoms with E-state index >= 15 is 0 Å². The SMILES string of the molecule is COc1ccc([C@H](C)N2C(=O)[C@@H](c3ccc(F)cc3)[C@@H]2c2ccc(OCc3ccccc3)cc2)cc1. The fourth-order valence-corrected chi connectivity index (χ4v) is 4.84. The van der Waals surface area contributed by atoms with Crippen molar-refractivity contribution in [3.8, 4) is 11.5 Å². The molecular formula is C31H28FNO3. The van der Waals surface area contributed by atoms with Crippen LogP contribution in [0.15, 0.2) is 103 Å². The van der Waals surface area contributed by atoms with Crippen LogP contribution in [-0.4, -0.2) is 17.9 Å². The summed E-state index contributed by atoms with van der Waals surface area (Å²) in [4.78, 5) is 15.4. The average molecular weight is 482 g/mol. The molecule has 0 unspecified atom stereocenters. The Bertz CT molecular complexity index is 1310. The van der Waals surface area contributed by atoms with Gasteiger partial charge in [-0.25, -0.2) is 4.39 Å². The zero-order valence-electron chi connectivity index (χ0n) is 20.3. The Hall–Kier alpha value is -4.12. The van der Waals surface area contributed by atoms with Gasteiger partial charge in [0.25, 0.3) is 0 Å². The molecule has 0 aromatic heterocycles. The zero-order chi connectivity index (χ0) is 25.1. The minimum atomic E-state index is -0.373. The number of rotatable bonds is 8. The van der Waals surface area contributed by atoms with Crippen molar-refractivity contribution in [1.29, 1.82) is 0 Å². The number of carbonyl (C=O) groups is 1. The fraction of sp³-hybridized carbons (Fsp3) is 0.194. The molecule has 3 atom stereocenters. The Morgan fingerprint density at radius 2 is 1.42 bits per heavy atom. The van der Waals surface area contributed by atoms with E-state index in [1.807, 2.05) is 90.7 Å². The van der Waals surface area contributed by atoms with E-state index < -0.39 is 0 Å². The molecule has 4 nitrogen and oxygen atoms in total. The molecule has 1 amide bonds. The second-order valence-corrected chi connectivity index (χ2v) is 9.01. The summed E-state index contributed by atoms with van der Waals surface area (Å²) in [5.41, 5.74) is 3.95. The molecule has 1 aliphatic heterocycles. The molecule has 1 aliphatic rings. The van der Waals surface area contributed by atoms with Gasteiger partial charge in [0.2, 0.25) is 5.91 Å². The monoisotopic (exact) mass is 481 g/mol. The lowest BCUT2D eigenvalue weighted by Gasteiger charge is -2.51. The highest BCUT2D eigenvalue weighted by molar-refractivity contribution is 5.92. The van der Waals surface area contributed by atoms with E-state index in [4.69, 9.17) is 9.47 Å². The first-order valence-electron chi connectivity index (χ1n) is 12.0. The number of hydrogen-bond donors (Lipinski definition) is 0. The maximum atomic E-state index is 13.6. The van der Waals surface area contributed by atoms with Crippen LogP contribution in [-0.2, 0) is 11.4 Å². The first-order valence-corrected chi connectivity index (χ1v) is 12.0. The number of methoxy groups -OCH3 is 1. The van der Waals surface area contributed by atoms with Gasteiger partial charge >= 0.3 is 0 Å². The first kappa shape index (κ1) is 23.6. The van der Waals surface area contributed by atoms with Gasteiger partial charge in [0.1, 0.15) is 23.9 Å². The molecule has 4 aromatic rings. The topological polar surface area (TPSA) is 38.8 Å². The number of ether oxygens (including phenoxy) is 2. The summed E-state index contributed by atoms with van der Waals surface area (Å²) in [7, 11) is 1.63. The van der Waals surface area contributed by atoms with Gasteiger partial charge in [0.15, 0.2) is 0 Å². The highest BCUT2D eigenvalue weighted by atomic mass is 19.1. The number of hydrogen-bond acceptors (Lipinski definition) is 3. The lowest BCUT2D eigenvalue weighted by Crippen LogP contribution is -2.54. The standard InChI is InChI=1S/C31H28FNO3/c1-21(23-10-16-27(35-2)17-11-23)33-30(29(31(33)34)24-8-14-26(32)15-9-24)25-12-18-28(19-13-25)36-20-22-6-4-3-5-7-22/h3-19,21,29-30H,20H2,1-2H3/t21-,29-,30-/m0/s1. The van der Waals surface area contributed by atoms with Crippen molar-refractivity contribution >= 4 is 5.91 Å². The second kappa shape index (κ2) is 10.2. The van der Waals surface area contributed by atoms with E-state index in [0.29, 0.717) is 6.61 Å². The van der Waals surface area contributed by atoms with Crippen LogP contribution in [0.2, 0.25) is 0 Å². The lowest BCUT2D eigenvalue weighted by atomic mass is 9.76. The largest absolute Gasteiger partial charge is 0.497 e. The molecule has 5 rings (SSSR count). The van der Waals surface area contributed by atoms with Crippen molar-refractivity contribution in [3.05, 3.63) is 131 Å². The predicted molar refractivity (Wildman–Crippen MR) is 137 cm³/mol. The van der Waals surface area contributed by atoms with Crippen LogP contribution in [0.3, 0.4) is 0 Å². The van der Waals surface area contributed by atoms with Gasteiger partial charge in [-0.15, -0.1) is 0 Å². The van der Waals surface area contributed by atoms with Crippen LogP contribution in [0.5, 0.6) is 11.5 Å². The van der Waals surface area contributed by atoms with Crippen LogP contribution in [0.1, 0.15) is 47.2 Å². The molecule has 182 valence electrons. The fourth-order valence-electron chi connectivity index (χ4n) is 4.84. The molecule has 0 radical (unpaired) electrons. The molecule has 1 heterocycles. The molecule has 36 heavy (non-hydrogen) atoms. The highest BCUT2D eigenvalue weighted by Gasteiger charge is 2.50. The minimum Gasteiger partial charge on any atom is -0.497 e. The Kier molecular flexibility index (Phi) is 6.72. The summed E-state index contributed by atoms with van der Waals surface area (Å²) in [6.45, 7) is 2.52. The number of carbonyl (C=O) groups excluding carboxylic acids is 1. The van der Waals surface area contributed by atoms with Crippen LogP contribution in [0.4, 0.5) is 4.39 Å². The number of nitrogens with zero attached hydrogens (tertiary/aromatic N) is 1. The van der Waals surface area contributed by atoms with Crippen molar-refractivity contribution < 1.29 is 18.7 Å². The van der Waals surface area contributed by atoms with E-state index in [1.165, 1.54) is 12.1 Å². The van der Waals surface area contributed by atoms with E-state index in [0.717, 1.165) is 33.8 Å². The van der Waals surface area contributed by atoms with E-state index in [2.05, 4.69) is 0 Å². The highest BCUT2D eigenvalue weighted by Crippen LogP contribution is 2.50. The third kappa shape index (κ3) is 4.69. The minimum absolute atomic E-state index is 0.0272. The van der Waals surface area contributed by atoms with Crippen LogP contribution < -0.4 is 9.47 Å². The summed E-state index contributed by atoms with van der Waals surface area (Å²) >= 11 is 0. The number of amides is 1. The van der Waals surface area contributed by atoms with Gasteiger partial charge in [-0.3, -0.25) is 4.79 Å². The molecule has 4 aromatic carbocycles. The summed E-state index contributed by atoms with van der Waals surface area (Å²) in [6, 6.07) is 31.6. The molecule has 0 spiro atoms. The number of likely N-dealkylation sites (tertiary alicyclic amines) is 1. The molecule has 0 saturated carbocycles. The van der Waals surface area contributed by atoms with Gasteiger partial charge in [0, 0.05) is 0 Å². The quantitative estimate of drug-likeness (QED) is 0.259. The number of β-lactam (4-membered cyclic amide) rings is 1. The van der Waals surface area contributed by atoms with Crippen LogP contribution >= 0.6 is 0 Å². The van der Waals surface area contributed by atoms with Crippen molar-refractivity contribution in [2.24, 2.45) is 0 Å². The Morgan fingerprint density at radius 3 is 2.06 bits per heavy atom. The Labute approximate surface area is 210 Å². The second-order valence-electron chi connectivity index (χ2n) is 9.01. The average Bonchev–Trinajstić information content (AvgIpc) is 2.92. The molecule has 1 fully saturated rings. The van der Waals surface area contributed by atoms with Gasteiger partial charge in [-0.1, -0.05) is 66.7 Å². The van der Waals surface area contributed by atoms with Gasteiger partial charge in [0.05, 0.1) is 25.1 Å². The number of benzene rings is 4. The third-order valence-electron chi connectivity index (χ3n) is 6.85. The maximum absolute atomic E-state index is 13.6. The molecule has 0 N–H and O–H groups in total. The summed E-state index contributed by atoms with van der Waals surface area (Å²) in [6.07, 6.45) is 0. The Morgan fingerprint density at radius 1 is 0.806 bits per heavy atom. The number of halogens is 1. The smallest absolute Gasteiger partial charge is 0.233 e. The van der Waals surface area contributed by atoms with E-state index in [9.17, 15) is 9.18 Å². The maximum Gasteiger partial charge on any atom is 0.233 e. The molecule has 1 saturated heterocycles. The van der Waals surface area contributed by atoms with Gasteiger partial charge < -0.3 is 14.4 Å². The predicted octanol–water partition coefficient (Wildman–Crippen LogP) is 6.84. The normalized spacial score (nSPS) is 17.9. The van der Waals surface area contributed by atoms with E-state index in [-0.39, 0.29) is 29.7 Å². The van der Waals surface area contributed by atoms with Crippen molar-refractivity contribution in [1.82, 2.24) is 4.90 Å². The third-order valence-corrected chi connectivity index (χ3v) is 6.85. The van der Waals surface area contributed by atoms with Crippen LogP contribution in [0.25, 0.3) is 0 Å².